The molecule has 0 aliphatic heterocycles. The van der Waals surface area contributed by atoms with Gasteiger partial charge >= 0.3 is 0 Å². The summed E-state index contributed by atoms with van der Waals surface area (Å²) in [6.07, 6.45) is 0.180. The van der Waals surface area contributed by atoms with Gasteiger partial charge in [0.2, 0.25) is 17.7 Å². The minimum absolute atomic E-state index is 0.107. The quantitative estimate of drug-likeness (QED) is 0.756. The van der Waals surface area contributed by atoms with E-state index in [0.717, 1.165) is 5.69 Å². The van der Waals surface area contributed by atoms with E-state index in [4.69, 9.17) is 0 Å². The maximum absolute atomic E-state index is 12.3. The Morgan fingerprint density at radius 2 is 1.39 bits per heavy atom. The summed E-state index contributed by atoms with van der Waals surface area (Å²) in [5.74, 6) is -0.0211. The molecule has 0 aliphatic carbocycles. The van der Waals surface area contributed by atoms with E-state index < -0.39 is 0 Å². The lowest BCUT2D eigenvalue weighted by molar-refractivity contribution is -0.117. The topological polar surface area (TPSA) is 78.5 Å². The Hall–Kier alpha value is -3.15. The molecule has 0 bridgehead atoms. The fraction of sp³-hybridized carbons (Fsp3) is 0.318. The van der Waals surface area contributed by atoms with Gasteiger partial charge in [-0.25, -0.2) is 0 Å². The van der Waals surface area contributed by atoms with E-state index in [0.29, 0.717) is 23.8 Å². The minimum atomic E-state index is -0.183. The second-order valence-corrected chi connectivity index (χ2v) is 6.97. The summed E-state index contributed by atoms with van der Waals surface area (Å²) < 4.78 is 0. The molecule has 2 rings (SSSR count). The number of nitrogens with one attached hydrogen (secondary N) is 2. The number of nitrogens with zero attached hydrogens (tertiary/aromatic N) is 1. The summed E-state index contributed by atoms with van der Waals surface area (Å²) in [6, 6.07) is 14.7. The first-order valence-electron chi connectivity index (χ1n) is 9.32. The summed E-state index contributed by atoms with van der Waals surface area (Å²) in [6.45, 7) is 7.46. The highest BCUT2D eigenvalue weighted by atomic mass is 16.2. The molecule has 6 heteroatoms. The first-order valence-corrected chi connectivity index (χ1v) is 9.32. The zero-order valence-corrected chi connectivity index (χ0v) is 16.8. The first kappa shape index (κ1) is 21.2. The Morgan fingerprint density at radius 1 is 0.857 bits per heavy atom. The van der Waals surface area contributed by atoms with Crippen LogP contribution in [0.4, 0.5) is 17.1 Å². The maximum Gasteiger partial charge on any atom is 0.226 e. The van der Waals surface area contributed by atoms with Crippen LogP contribution < -0.4 is 15.5 Å². The van der Waals surface area contributed by atoms with Gasteiger partial charge in [-0.2, -0.15) is 0 Å². The third-order valence-corrected chi connectivity index (χ3v) is 4.30. The molecule has 2 N–H and O–H groups in total. The second-order valence-electron chi connectivity index (χ2n) is 6.97. The van der Waals surface area contributed by atoms with Crippen molar-refractivity contribution >= 4 is 34.8 Å². The number of anilines is 3. The molecule has 2 aromatic carbocycles. The van der Waals surface area contributed by atoms with Gasteiger partial charge in [0.1, 0.15) is 0 Å². The molecule has 0 saturated heterocycles. The largest absolute Gasteiger partial charge is 0.326 e. The molecule has 0 fully saturated rings. The molecule has 0 unspecified atom stereocenters. The van der Waals surface area contributed by atoms with E-state index in [9.17, 15) is 14.4 Å². The van der Waals surface area contributed by atoms with E-state index in [-0.39, 0.29) is 24.1 Å². The molecule has 0 aromatic heterocycles. The van der Waals surface area contributed by atoms with E-state index in [2.05, 4.69) is 24.5 Å². The molecule has 0 aliphatic rings. The predicted octanol–water partition coefficient (Wildman–Crippen LogP) is 4.15. The molecule has 0 spiro atoms. The molecule has 0 heterocycles. The molecule has 0 atom stereocenters. The van der Waals surface area contributed by atoms with E-state index in [1.165, 1.54) is 19.4 Å². The van der Waals surface area contributed by atoms with E-state index >= 15 is 0 Å². The van der Waals surface area contributed by atoms with Crippen molar-refractivity contribution in [2.24, 2.45) is 0 Å². The van der Waals surface area contributed by atoms with Gasteiger partial charge in [0.05, 0.1) is 0 Å². The standard InChI is InChI=1S/C22H27N3O3/c1-15(2)18-5-11-21(12-6-18)25(17(4)27)14-13-22(28)24-20-9-7-19(8-10-20)23-16(3)26/h5-12,15H,13-14H2,1-4H3,(H,23,26)(H,24,28). The summed E-state index contributed by atoms with van der Waals surface area (Å²) in [4.78, 5) is 36.9. The summed E-state index contributed by atoms with van der Waals surface area (Å²) >= 11 is 0. The highest BCUT2D eigenvalue weighted by Crippen LogP contribution is 2.21. The SMILES string of the molecule is CC(=O)Nc1ccc(NC(=O)CCN(C(C)=O)c2ccc(C(C)C)cc2)cc1. The van der Waals surface area contributed by atoms with Gasteiger partial charge in [-0.15, -0.1) is 0 Å². The Kier molecular flexibility index (Phi) is 7.32. The molecular weight excluding hydrogens is 354 g/mol. The van der Waals surface area contributed by atoms with Crippen molar-refractivity contribution in [3.63, 3.8) is 0 Å². The van der Waals surface area contributed by atoms with E-state index in [1.807, 2.05) is 24.3 Å². The number of benzene rings is 2. The van der Waals surface area contributed by atoms with Crippen molar-refractivity contribution in [1.82, 2.24) is 0 Å². The van der Waals surface area contributed by atoms with Gasteiger partial charge in [0, 0.05) is 43.9 Å². The van der Waals surface area contributed by atoms with E-state index in [1.54, 1.807) is 29.2 Å². The van der Waals surface area contributed by atoms with Crippen LogP contribution >= 0.6 is 0 Å². The van der Waals surface area contributed by atoms with Crippen LogP contribution in [0.15, 0.2) is 48.5 Å². The van der Waals surface area contributed by atoms with Crippen LogP contribution in [0.5, 0.6) is 0 Å². The molecule has 0 radical (unpaired) electrons. The number of carbonyl (C=O) groups is 3. The van der Waals surface area contributed by atoms with Crippen molar-refractivity contribution in [3.05, 3.63) is 54.1 Å². The van der Waals surface area contributed by atoms with Gasteiger partial charge in [0.15, 0.2) is 0 Å². The van der Waals surface area contributed by atoms with Crippen molar-refractivity contribution in [1.29, 1.82) is 0 Å². The average molecular weight is 381 g/mol. The molecular formula is C22H27N3O3. The molecule has 3 amide bonds. The summed E-state index contributed by atoms with van der Waals surface area (Å²) in [7, 11) is 0. The number of rotatable bonds is 7. The third kappa shape index (κ3) is 6.23. The molecule has 0 saturated carbocycles. The fourth-order valence-corrected chi connectivity index (χ4v) is 2.78. The lowest BCUT2D eigenvalue weighted by atomic mass is 10.0. The van der Waals surface area contributed by atoms with Crippen LogP contribution in [-0.4, -0.2) is 24.3 Å². The number of hydrogen-bond donors (Lipinski definition) is 2. The van der Waals surface area contributed by atoms with Gasteiger partial charge in [-0.1, -0.05) is 26.0 Å². The first-order chi connectivity index (χ1) is 13.3. The normalized spacial score (nSPS) is 10.5. The average Bonchev–Trinajstić information content (AvgIpc) is 2.63. The number of carbonyl (C=O) groups excluding carboxylic acids is 3. The van der Waals surface area contributed by atoms with Crippen LogP contribution in [0.2, 0.25) is 0 Å². The predicted molar refractivity (Wildman–Crippen MR) is 113 cm³/mol. The summed E-state index contributed by atoms with van der Waals surface area (Å²) in [5.41, 5.74) is 3.28. The van der Waals surface area contributed by atoms with Crippen molar-refractivity contribution < 1.29 is 14.4 Å². The zero-order chi connectivity index (χ0) is 20.7. The van der Waals surface area contributed by atoms with Gasteiger partial charge < -0.3 is 15.5 Å². The molecule has 2 aromatic rings. The molecule has 28 heavy (non-hydrogen) atoms. The highest BCUT2D eigenvalue weighted by molar-refractivity contribution is 5.95. The van der Waals surface area contributed by atoms with Crippen LogP contribution in [0, 0.1) is 0 Å². The Morgan fingerprint density at radius 3 is 1.86 bits per heavy atom. The Bertz CT molecular complexity index is 827. The summed E-state index contributed by atoms with van der Waals surface area (Å²) in [5, 5.41) is 5.47. The van der Waals surface area contributed by atoms with Gasteiger partial charge in [-0.3, -0.25) is 14.4 Å². The monoisotopic (exact) mass is 381 g/mol. The Balaban J connectivity index is 1.94. The fourth-order valence-electron chi connectivity index (χ4n) is 2.78. The van der Waals surface area contributed by atoms with Crippen molar-refractivity contribution in [2.75, 3.05) is 22.1 Å². The van der Waals surface area contributed by atoms with Crippen molar-refractivity contribution in [2.45, 2.75) is 40.0 Å². The van der Waals surface area contributed by atoms with Gasteiger partial charge in [0.25, 0.3) is 0 Å². The molecule has 148 valence electrons. The molecule has 6 nitrogen and oxygen atoms in total. The van der Waals surface area contributed by atoms with Crippen molar-refractivity contribution in [3.8, 4) is 0 Å². The minimum Gasteiger partial charge on any atom is -0.326 e. The number of amides is 3. The lowest BCUT2D eigenvalue weighted by Crippen LogP contribution is -2.31. The van der Waals surface area contributed by atoms with Crippen LogP contribution in [0.25, 0.3) is 0 Å². The lowest BCUT2D eigenvalue weighted by Gasteiger charge is -2.21. The number of hydrogen-bond acceptors (Lipinski definition) is 3. The van der Waals surface area contributed by atoms with Crippen LogP contribution in [0.3, 0.4) is 0 Å². The van der Waals surface area contributed by atoms with Crippen LogP contribution in [-0.2, 0) is 14.4 Å². The van der Waals surface area contributed by atoms with Gasteiger partial charge in [-0.05, 0) is 47.9 Å². The zero-order valence-electron chi connectivity index (χ0n) is 16.8. The smallest absolute Gasteiger partial charge is 0.226 e. The Labute approximate surface area is 165 Å². The van der Waals surface area contributed by atoms with Crippen LogP contribution in [0.1, 0.15) is 45.6 Å². The third-order valence-electron chi connectivity index (χ3n) is 4.30. The maximum atomic E-state index is 12.3. The highest BCUT2D eigenvalue weighted by Gasteiger charge is 2.14. The second kappa shape index (κ2) is 9.69.